The standard InChI is InChI=1S/C10H12F3N3O2S/c11-10(12,13)8-14-9(19-15-8)16-5-3-1-2-4-6(16)7(17)18/h6H,1-5H2,(H,17,18). The fourth-order valence-electron chi connectivity index (χ4n) is 2.04. The molecule has 1 aromatic rings. The number of hydrogen-bond acceptors (Lipinski definition) is 5. The highest BCUT2D eigenvalue weighted by Crippen LogP contribution is 2.32. The van der Waals surface area contributed by atoms with Gasteiger partial charge in [-0.1, -0.05) is 12.8 Å². The Balaban J connectivity index is 2.26. The van der Waals surface area contributed by atoms with Gasteiger partial charge in [0, 0.05) is 18.1 Å². The third-order valence-corrected chi connectivity index (χ3v) is 3.71. The first kappa shape index (κ1) is 14.0. The third-order valence-electron chi connectivity index (χ3n) is 2.95. The van der Waals surface area contributed by atoms with Gasteiger partial charge in [-0.05, 0) is 12.8 Å². The Hall–Kier alpha value is -1.38. The molecule has 1 aliphatic rings. The Labute approximate surface area is 111 Å². The summed E-state index contributed by atoms with van der Waals surface area (Å²) in [6.07, 6.45) is -1.83. The molecule has 9 heteroatoms. The Morgan fingerprint density at radius 2 is 2.11 bits per heavy atom. The van der Waals surface area contributed by atoms with Crippen molar-refractivity contribution in [2.75, 3.05) is 11.4 Å². The van der Waals surface area contributed by atoms with E-state index in [9.17, 15) is 18.0 Å². The van der Waals surface area contributed by atoms with Gasteiger partial charge in [0.1, 0.15) is 6.04 Å². The molecule has 5 nitrogen and oxygen atoms in total. The summed E-state index contributed by atoms with van der Waals surface area (Å²) in [5.74, 6) is -2.24. The van der Waals surface area contributed by atoms with Gasteiger partial charge >= 0.3 is 12.1 Å². The summed E-state index contributed by atoms with van der Waals surface area (Å²) < 4.78 is 40.6. The number of halogens is 3. The molecule has 0 amide bonds. The SMILES string of the molecule is O=C(O)C1CCCCCN1c1nc(C(F)(F)F)ns1. The molecule has 1 aliphatic heterocycles. The number of rotatable bonds is 2. The summed E-state index contributed by atoms with van der Waals surface area (Å²) in [6, 6.07) is -0.823. The van der Waals surface area contributed by atoms with Crippen LogP contribution in [0.4, 0.5) is 18.3 Å². The lowest BCUT2D eigenvalue weighted by Crippen LogP contribution is -2.40. The topological polar surface area (TPSA) is 66.3 Å². The number of aromatic nitrogens is 2. The van der Waals surface area contributed by atoms with E-state index in [0.717, 1.165) is 19.3 Å². The van der Waals surface area contributed by atoms with Gasteiger partial charge in [0.25, 0.3) is 0 Å². The number of hydrogen-bond donors (Lipinski definition) is 1. The molecule has 0 aromatic carbocycles. The maximum Gasteiger partial charge on any atom is 0.452 e. The number of carbonyl (C=O) groups is 1. The summed E-state index contributed by atoms with van der Waals surface area (Å²) in [5.41, 5.74) is 0. The van der Waals surface area contributed by atoms with Crippen LogP contribution >= 0.6 is 11.5 Å². The van der Waals surface area contributed by atoms with E-state index < -0.39 is 24.0 Å². The molecule has 0 saturated carbocycles. The predicted molar refractivity (Wildman–Crippen MR) is 62.1 cm³/mol. The minimum atomic E-state index is -4.60. The Bertz CT molecular complexity index is 463. The molecule has 1 unspecified atom stereocenters. The molecule has 2 heterocycles. The van der Waals surface area contributed by atoms with E-state index in [-0.39, 0.29) is 5.13 Å². The number of anilines is 1. The summed E-state index contributed by atoms with van der Waals surface area (Å²) in [7, 11) is 0. The lowest BCUT2D eigenvalue weighted by molar-refractivity contribution is -0.144. The van der Waals surface area contributed by atoms with E-state index in [2.05, 4.69) is 9.36 Å². The molecule has 1 aromatic heterocycles. The van der Waals surface area contributed by atoms with Crippen LogP contribution in [0.15, 0.2) is 0 Å². The zero-order valence-electron chi connectivity index (χ0n) is 9.85. The maximum atomic E-state index is 12.5. The zero-order chi connectivity index (χ0) is 14.0. The maximum absolute atomic E-state index is 12.5. The highest BCUT2D eigenvalue weighted by molar-refractivity contribution is 7.09. The third kappa shape index (κ3) is 3.14. The van der Waals surface area contributed by atoms with Crippen LogP contribution in [0.2, 0.25) is 0 Å². The van der Waals surface area contributed by atoms with Crippen molar-refractivity contribution in [3.8, 4) is 0 Å². The van der Waals surface area contributed by atoms with Gasteiger partial charge in [0.2, 0.25) is 11.0 Å². The zero-order valence-corrected chi connectivity index (χ0v) is 10.7. The molecular weight excluding hydrogens is 283 g/mol. The van der Waals surface area contributed by atoms with Crippen LogP contribution in [0.1, 0.15) is 31.5 Å². The molecule has 0 spiro atoms. The van der Waals surface area contributed by atoms with Gasteiger partial charge in [-0.15, -0.1) is 0 Å². The highest BCUT2D eigenvalue weighted by Gasteiger charge is 2.38. The van der Waals surface area contributed by atoms with Gasteiger partial charge in [0.15, 0.2) is 0 Å². The van der Waals surface area contributed by atoms with Crippen molar-refractivity contribution in [3.63, 3.8) is 0 Å². The summed E-state index contributed by atoms with van der Waals surface area (Å²) in [4.78, 5) is 16.0. The second-order valence-electron chi connectivity index (χ2n) is 4.30. The van der Waals surface area contributed by atoms with Crippen LogP contribution in [0.25, 0.3) is 0 Å². The van der Waals surface area contributed by atoms with Crippen LogP contribution in [0.3, 0.4) is 0 Å². The lowest BCUT2D eigenvalue weighted by atomic mass is 10.1. The molecule has 0 bridgehead atoms. The van der Waals surface area contributed by atoms with Crippen molar-refractivity contribution >= 4 is 22.6 Å². The van der Waals surface area contributed by atoms with Crippen molar-refractivity contribution < 1.29 is 23.1 Å². The molecule has 19 heavy (non-hydrogen) atoms. The molecule has 1 N–H and O–H groups in total. The van der Waals surface area contributed by atoms with E-state index in [1.165, 1.54) is 4.90 Å². The van der Waals surface area contributed by atoms with Crippen molar-refractivity contribution in [2.24, 2.45) is 0 Å². The normalized spacial score (nSPS) is 21.2. The number of alkyl halides is 3. The number of aliphatic carboxylic acids is 1. The Kier molecular flexibility index (Phi) is 3.93. The van der Waals surface area contributed by atoms with E-state index in [1.807, 2.05) is 0 Å². The fourth-order valence-corrected chi connectivity index (χ4v) is 2.80. The van der Waals surface area contributed by atoms with Gasteiger partial charge in [0.05, 0.1) is 0 Å². The summed E-state index contributed by atoms with van der Waals surface area (Å²) >= 11 is 0.595. The average molecular weight is 295 g/mol. The van der Waals surface area contributed by atoms with Gasteiger partial charge in [-0.25, -0.2) is 4.79 Å². The first-order valence-electron chi connectivity index (χ1n) is 5.80. The van der Waals surface area contributed by atoms with Gasteiger partial charge < -0.3 is 10.0 Å². The molecule has 2 rings (SSSR count). The number of carboxylic acids is 1. The Morgan fingerprint density at radius 1 is 1.37 bits per heavy atom. The second kappa shape index (κ2) is 5.32. The molecule has 1 atom stereocenters. The van der Waals surface area contributed by atoms with Crippen molar-refractivity contribution in [2.45, 2.75) is 37.9 Å². The number of nitrogens with zero attached hydrogens (tertiary/aromatic N) is 3. The molecule has 106 valence electrons. The Morgan fingerprint density at radius 3 is 2.68 bits per heavy atom. The largest absolute Gasteiger partial charge is 0.480 e. The van der Waals surface area contributed by atoms with Crippen LogP contribution in [0, 0.1) is 0 Å². The number of carboxylic acid groups (broad SMARTS) is 1. The second-order valence-corrected chi connectivity index (χ2v) is 5.03. The molecular formula is C10H12F3N3O2S. The monoisotopic (exact) mass is 295 g/mol. The van der Waals surface area contributed by atoms with Crippen LogP contribution in [0.5, 0.6) is 0 Å². The smallest absolute Gasteiger partial charge is 0.452 e. The van der Waals surface area contributed by atoms with Crippen molar-refractivity contribution in [1.82, 2.24) is 9.36 Å². The first-order chi connectivity index (χ1) is 8.89. The fraction of sp³-hybridized carbons (Fsp3) is 0.700. The molecule has 1 fully saturated rings. The van der Waals surface area contributed by atoms with Gasteiger partial charge in [-0.2, -0.15) is 22.5 Å². The molecule has 0 radical (unpaired) electrons. The quantitative estimate of drug-likeness (QED) is 0.907. The average Bonchev–Trinajstić information content (AvgIpc) is 2.67. The summed E-state index contributed by atoms with van der Waals surface area (Å²) in [6.45, 7) is 0.392. The van der Waals surface area contributed by atoms with E-state index in [4.69, 9.17) is 5.11 Å². The minimum Gasteiger partial charge on any atom is -0.480 e. The molecule has 1 saturated heterocycles. The van der Waals surface area contributed by atoms with Crippen LogP contribution in [-0.4, -0.2) is 33.0 Å². The molecule has 0 aliphatic carbocycles. The van der Waals surface area contributed by atoms with E-state index in [0.29, 0.717) is 24.5 Å². The van der Waals surface area contributed by atoms with E-state index in [1.54, 1.807) is 0 Å². The highest BCUT2D eigenvalue weighted by atomic mass is 32.1. The minimum absolute atomic E-state index is 0.0293. The van der Waals surface area contributed by atoms with Crippen molar-refractivity contribution in [1.29, 1.82) is 0 Å². The van der Waals surface area contributed by atoms with E-state index >= 15 is 0 Å². The van der Waals surface area contributed by atoms with Gasteiger partial charge in [-0.3, -0.25) is 0 Å². The predicted octanol–water partition coefficient (Wildman–Crippen LogP) is 2.39. The lowest BCUT2D eigenvalue weighted by Gasteiger charge is -2.25. The van der Waals surface area contributed by atoms with Crippen LogP contribution in [-0.2, 0) is 11.0 Å². The van der Waals surface area contributed by atoms with Crippen LogP contribution < -0.4 is 4.90 Å². The first-order valence-corrected chi connectivity index (χ1v) is 6.57. The summed E-state index contributed by atoms with van der Waals surface area (Å²) in [5, 5.41) is 9.18. The van der Waals surface area contributed by atoms with Crippen molar-refractivity contribution in [3.05, 3.63) is 5.82 Å².